The monoisotopic (exact) mass is 596 g/mol. The van der Waals surface area contributed by atoms with Crippen LogP contribution >= 0.6 is 0 Å². The van der Waals surface area contributed by atoms with Crippen molar-refractivity contribution in [3.8, 4) is 28.7 Å². The summed E-state index contributed by atoms with van der Waals surface area (Å²) in [5.74, 6) is -0.711. The number of methoxy groups -OCH3 is 1. The maximum atomic E-state index is 13.0. The van der Waals surface area contributed by atoms with E-state index in [1.165, 1.54) is 25.3 Å². The molecule has 15 nitrogen and oxygen atoms in total. The molecule has 2 saturated heterocycles. The number of aliphatic hydroxyl groups is 7. The highest BCUT2D eigenvalue weighted by molar-refractivity contribution is 6.02. The number of phenols is 1. The van der Waals surface area contributed by atoms with Crippen molar-refractivity contribution in [2.75, 3.05) is 26.9 Å². The Kier molecular flexibility index (Phi) is 8.48. The van der Waals surface area contributed by atoms with Gasteiger partial charge in [0.1, 0.15) is 65.0 Å². The summed E-state index contributed by atoms with van der Waals surface area (Å²) < 4.78 is 33.3. The lowest BCUT2D eigenvalue weighted by Gasteiger charge is -2.39. The van der Waals surface area contributed by atoms with Crippen LogP contribution in [-0.2, 0) is 9.47 Å². The highest BCUT2D eigenvalue weighted by atomic mass is 16.7. The third kappa shape index (κ3) is 5.46. The number of Topliss-reactive ketones (excluding diaryl/α,β-unsaturated/α-hetero) is 1. The number of carbonyl (C=O) groups is 1. The molecule has 2 aromatic carbocycles. The van der Waals surface area contributed by atoms with Gasteiger partial charge in [0.05, 0.1) is 33.4 Å². The van der Waals surface area contributed by atoms with Gasteiger partial charge in [0, 0.05) is 12.1 Å². The Balaban J connectivity index is 1.35. The lowest BCUT2D eigenvalue weighted by Crippen LogP contribution is -2.60. The molecule has 5 rings (SSSR count). The lowest BCUT2D eigenvalue weighted by atomic mass is 9.95. The molecule has 3 aliphatic rings. The van der Waals surface area contributed by atoms with E-state index < -0.39 is 79.6 Å². The summed E-state index contributed by atoms with van der Waals surface area (Å²) in [6.07, 6.45) is -11.5. The number of carbonyl (C=O) groups excluding carboxylic acids is 1. The first-order valence-corrected chi connectivity index (χ1v) is 13.0. The fourth-order valence-corrected chi connectivity index (χ4v) is 4.97. The number of ether oxygens (including phenoxy) is 6. The van der Waals surface area contributed by atoms with Gasteiger partial charge in [-0.15, -0.1) is 0 Å². The maximum absolute atomic E-state index is 13.0. The topological polar surface area (TPSA) is 234 Å². The summed E-state index contributed by atoms with van der Waals surface area (Å²) >= 11 is 0. The van der Waals surface area contributed by atoms with Crippen LogP contribution in [-0.4, -0.2) is 122 Å². The Bertz CT molecular complexity index is 1300. The summed E-state index contributed by atoms with van der Waals surface area (Å²) in [6, 6.07) is 6.99. The standard InChI is InChI=1S/C27H32O15/c1-37-17-4-11(2-3-15(17)41-26-24(35)27(36,9-29)10-38-26)16-7-14(31)20-13(30)5-12(6-18(20)40-16)39-25-23(34)22(33)21(32)19(8-28)42-25/h2-6,16,19,21-26,28-30,32-36H,7-10H2,1H3/t16-,19-,21-,22-,23+,24+,25+,26+,27+/m0/s1. The molecule has 230 valence electrons. The number of aliphatic hydroxyl groups excluding tert-OH is 6. The molecule has 42 heavy (non-hydrogen) atoms. The smallest absolute Gasteiger partial charge is 0.229 e. The van der Waals surface area contributed by atoms with E-state index in [-0.39, 0.29) is 41.6 Å². The van der Waals surface area contributed by atoms with Crippen LogP contribution in [0.1, 0.15) is 28.4 Å². The van der Waals surface area contributed by atoms with Gasteiger partial charge in [-0.05, 0) is 17.7 Å². The van der Waals surface area contributed by atoms with Crippen LogP contribution in [0.4, 0.5) is 0 Å². The third-order valence-electron chi connectivity index (χ3n) is 7.46. The zero-order valence-corrected chi connectivity index (χ0v) is 22.3. The number of ketones is 1. The predicted molar refractivity (Wildman–Crippen MR) is 136 cm³/mol. The molecule has 0 unspecified atom stereocenters. The second-order valence-corrected chi connectivity index (χ2v) is 10.3. The zero-order valence-electron chi connectivity index (χ0n) is 22.3. The molecule has 15 heteroatoms. The largest absolute Gasteiger partial charge is 0.507 e. The Hall–Kier alpha value is -3.25. The van der Waals surface area contributed by atoms with Crippen LogP contribution in [0.25, 0.3) is 0 Å². The molecular weight excluding hydrogens is 564 g/mol. The molecule has 0 radical (unpaired) electrons. The van der Waals surface area contributed by atoms with Crippen molar-refractivity contribution >= 4 is 5.78 Å². The summed E-state index contributed by atoms with van der Waals surface area (Å²) in [5, 5.41) is 80.1. The third-order valence-corrected chi connectivity index (χ3v) is 7.46. The first-order valence-electron chi connectivity index (χ1n) is 13.0. The molecule has 3 aliphatic heterocycles. The summed E-state index contributed by atoms with van der Waals surface area (Å²) in [7, 11) is 1.37. The number of aromatic hydroxyl groups is 1. The van der Waals surface area contributed by atoms with E-state index in [9.17, 15) is 45.6 Å². The molecule has 0 aromatic heterocycles. The van der Waals surface area contributed by atoms with Gasteiger partial charge in [0.2, 0.25) is 12.6 Å². The van der Waals surface area contributed by atoms with Gasteiger partial charge in [-0.1, -0.05) is 6.07 Å². The van der Waals surface area contributed by atoms with Crippen molar-refractivity contribution in [1.29, 1.82) is 0 Å². The van der Waals surface area contributed by atoms with E-state index in [1.54, 1.807) is 6.07 Å². The van der Waals surface area contributed by atoms with Gasteiger partial charge >= 0.3 is 0 Å². The van der Waals surface area contributed by atoms with E-state index in [1.807, 2.05) is 0 Å². The van der Waals surface area contributed by atoms with E-state index in [4.69, 9.17) is 28.4 Å². The van der Waals surface area contributed by atoms with Crippen LogP contribution in [0.15, 0.2) is 30.3 Å². The number of benzene rings is 2. The van der Waals surface area contributed by atoms with E-state index in [2.05, 4.69) is 0 Å². The Labute approximate surface area is 238 Å². The normalized spacial score (nSPS) is 34.4. The van der Waals surface area contributed by atoms with Crippen molar-refractivity contribution in [1.82, 2.24) is 0 Å². The molecular formula is C27H32O15. The molecule has 0 amide bonds. The molecule has 9 atom stereocenters. The number of phenolic OH excluding ortho intramolecular Hbond substituents is 1. The first-order chi connectivity index (χ1) is 20.0. The van der Waals surface area contributed by atoms with E-state index in [0.717, 1.165) is 6.07 Å². The van der Waals surface area contributed by atoms with Crippen molar-refractivity contribution in [3.63, 3.8) is 0 Å². The van der Waals surface area contributed by atoms with Gasteiger partial charge in [-0.2, -0.15) is 0 Å². The number of fused-ring (bicyclic) bond motifs is 1. The van der Waals surface area contributed by atoms with Gasteiger partial charge < -0.3 is 69.3 Å². The fourth-order valence-electron chi connectivity index (χ4n) is 4.97. The lowest BCUT2D eigenvalue weighted by molar-refractivity contribution is -0.277. The molecule has 8 N–H and O–H groups in total. The van der Waals surface area contributed by atoms with Crippen molar-refractivity contribution in [2.45, 2.75) is 61.2 Å². The van der Waals surface area contributed by atoms with Gasteiger partial charge in [0.15, 0.2) is 17.3 Å². The minimum Gasteiger partial charge on any atom is -0.507 e. The summed E-state index contributed by atoms with van der Waals surface area (Å²) in [5.41, 5.74) is -1.49. The molecule has 3 heterocycles. The Morgan fingerprint density at radius 1 is 0.976 bits per heavy atom. The van der Waals surface area contributed by atoms with Crippen LogP contribution in [0, 0.1) is 0 Å². The highest BCUT2D eigenvalue weighted by Gasteiger charge is 2.49. The number of hydrogen-bond acceptors (Lipinski definition) is 15. The summed E-state index contributed by atoms with van der Waals surface area (Å²) in [4.78, 5) is 13.0. The van der Waals surface area contributed by atoms with E-state index >= 15 is 0 Å². The van der Waals surface area contributed by atoms with Gasteiger partial charge in [0.25, 0.3) is 0 Å². The zero-order chi connectivity index (χ0) is 30.3. The Morgan fingerprint density at radius 2 is 1.74 bits per heavy atom. The van der Waals surface area contributed by atoms with Crippen LogP contribution in [0.2, 0.25) is 0 Å². The van der Waals surface area contributed by atoms with Crippen molar-refractivity contribution in [2.24, 2.45) is 0 Å². The minimum absolute atomic E-state index is 0.0408. The predicted octanol–water partition coefficient (Wildman–Crippen LogP) is -1.89. The van der Waals surface area contributed by atoms with Crippen LogP contribution < -0.4 is 18.9 Å². The molecule has 0 spiro atoms. The van der Waals surface area contributed by atoms with Crippen LogP contribution in [0.5, 0.6) is 28.7 Å². The second kappa shape index (κ2) is 11.8. The minimum atomic E-state index is -1.88. The molecule has 0 bridgehead atoms. The average molecular weight is 597 g/mol. The number of rotatable bonds is 8. The van der Waals surface area contributed by atoms with Gasteiger partial charge in [-0.25, -0.2) is 0 Å². The molecule has 0 saturated carbocycles. The maximum Gasteiger partial charge on any atom is 0.229 e. The van der Waals surface area contributed by atoms with Crippen molar-refractivity contribution < 1.29 is 74.1 Å². The molecule has 2 fully saturated rings. The van der Waals surface area contributed by atoms with Gasteiger partial charge in [-0.3, -0.25) is 4.79 Å². The quantitative estimate of drug-likeness (QED) is 0.166. The summed E-state index contributed by atoms with van der Waals surface area (Å²) in [6.45, 7) is -1.74. The molecule has 2 aromatic rings. The van der Waals surface area contributed by atoms with Crippen LogP contribution in [0.3, 0.4) is 0 Å². The first kappa shape index (κ1) is 30.2. The highest BCUT2D eigenvalue weighted by Crippen LogP contribution is 2.44. The Morgan fingerprint density at radius 3 is 2.40 bits per heavy atom. The molecule has 0 aliphatic carbocycles. The average Bonchev–Trinajstić information content (AvgIpc) is 3.26. The van der Waals surface area contributed by atoms with Crippen molar-refractivity contribution in [3.05, 3.63) is 41.5 Å². The fraction of sp³-hybridized carbons (Fsp3) is 0.519. The van der Waals surface area contributed by atoms with E-state index in [0.29, 0.717) is 5.56 Å². The second-order valence-electron chi connectivity index (χ2n) is 10.3. The SMILES string of the molecule is COc1cc([C@@H]2CC(=O)c3c(O)cc(O[C@@H]4O[C@@H](CO)[C@H](O)[C@H](O)[C@H]4O)cc3O2)ccc1O[C@H]1OC[C@](O)(CO)[C@@H]1O. The number of hydrogen-bond donors (Lipinski definition) is 8.